The minimum absolute atomic E-state index is 0.0749. The molecular weight excluding hydrogens is 320 g/mol. The zero-order chi connectivity index (χ0) is 17.2. The van der Waals surface area contributed by atoms with Gasteiger partial charge < -0.3 is 9.05 Å². The van der Waals surface area contributed by atoms with Crippen LogP contribution in [-0.4, -0.2) is 43.3 Å². The monoisotopic (exact) mass is 340 g/mol. The predicted molar refractivity (Wildman–Crippen MR) is 88.5 cm³/mol. The first-order valence-electron chi connectivity index (χ1n) is 8.49. The Labute approximate surface area is 145 Å². The molecule has 130 valence electrons. The van der Waals surface area contributed by atoms with Crippen LogP contribution in [0.5, 0.6) is 0 Å². The van der Waals surface area contributed by atoms with Crippen molar-refractivity contribution in [3.8, 4) is 11.4 Å². The first-order chi connectivity index (χ1) is 12.2. The van der Waals surface area contributed by atoms with Crippen LogP contribution in [0.2, 0.25) is 0 Å². The summed E-state index contributed by atoms with van der Waals surface area (Å²) in [5.41, 5.74) is 0.857. The van der Waals surface area contributed by atoms with Gasteiger partial charge in [0.25, 0.3) is 0 Å². The number of rotatable bonds is 4. The largest absolute Gasteiger partial charge is 0.340 e. The molecule has 4 heterocycles. The van der Waals surface area contributed by atoms with Gasteiger partial charge in [0.05, 0.1) is 6.04 Å². The normalized spacial score (nSPS) is 17.7. The van der Waals surface area contributed by atoms with E-state index in [9.17, 15) is 0 Å². The molecule has 1 fully saturated rings. The lowest BCUT2D eigenvalue weighted by molar-refractivity contribution is 0.134. The van der Waals surface area contributed by atoms with Gasteiger partial charge in [-0.3, -0.25) is 9.88 Å². The summed E-state index contributed by atoms with van der Waals surface area (Å²) < 4.78 is 10.6. The van der Waals surface area contributed by atoms with E-state index in [1.807, 2.05) is 19.1 Å². The van der Waals surface area contributed by atoms with Crippen molar-refractivity contribution < 1.29 is 9.05 Å². The molecule has 3 aromatic heterocycles. The number of piperidine rings is 1. The topological polar surface area (TPSA) is 94.0 Å². The lowest BCUT2D eigenvalue weighted by Crippen LogP contribution is -2.35. The van der Waals surface area contributed by atoms with Gasteiger partial charge >= 0.3 is 0 Å². The van der Waals surface area contributed by atoms with Gasteiger partial charge in [-0.1, -0.05) is 10.3 Å². The molecule has 1 saturated heterocycles. The number of aromatic nitrogens is 5. The van der Waals surface area contributed by atoms with Gasteiger partial charge in [0, 0.05) is 30.8 Å². The number of nitrogens with zero attached hydrogens (tertiary/aromatic N) is 6. The highest BCUT2D eigenvalue weighted by molar-refractivity contribution is 5.51. The highest BCUT2D eigenvalue weighted by Crippen LogP contribution is 2.31. The van der Waals surface area contributed by atoms with Gasteiger partial charge in [-0.25, -0.2) is 0 Å². The summed E-state index contributed by atoms with van der Waals surface area (Å²) >= 11 is 0. The first kappa shape index (κ1) is 15.9. The molecule has 0 aliphatic carbocycles. The molecule has 1 aliphatic heterocycles. The third-order valence-electron chi connectivity index (χ3n) is 4.70. The van der Waals surface area contributed by atoms with Crippen LogP contribution in [0.1, 0.15) is 49.3 Å². The fourth-order valence-electron chi connectivity index (χ4n) is 3.20. The SMILES string of the molecule is Cc1nc(C2CCN(C(C)c3nc(-c4cccnc4)no3)CC2)no1. The molecule has 0 aromatic carbocycles. The maximum absolute atomic E-state index is 5.48. The molecule has 3 aromatic rings. The summed E-state index contributed by atoms with van der Waals surface area (Å²) in [7, 11) is 0. The Morgan fingerprint density at radius 3 is 2.68 bits per heavy atom. The smallest absolute Gasteiger partial charge is 0.244 e. The van der Waals surface area contributed by atoms with E-state index in [1.165, 1.54) is 0 Å². The van der Waals surface area contributed by atoms with E-state index in [0.717, 1.165) is 37.3 Å². The summed E-state index contributed by atoms with van der Waals surface area (Å²) in [6.45, 7) is 5.79. The minimum Gasteiger partial charge on any atom is -0.340 e. The van der Waals surface area contributed by atoms with Crippen LogP contribution in [-0.2, 0) is 0 Å². The van der Waals surface area contributed by atoms with Gasteiger partial charge in [0.2, 0.25) is 17.6 Å². The summed E-state index contributed by atoms with van der Waals surface area (Å²) in [5.74, 6) is 3.01. The molecule has 25 heavy (non-hydrogen) atoms. The number of pyridine rings is 1. The second-order valence-electron chi connectivity index (χ2n) is 6.36. The first-order valence-corrected chi connectivity index (χ1v) is 8.49. The predicted octanol–water partition coefficient (Wildman–Crippen LogP) is 2.76. The molecule has 0 bridgehead atoms. The standard InChI is InChI=1S/C17H20N6O2/c1-11(17-20-16(22-25-17)14-4-3-7-18-10-14)23-8-5-13(6-9-23)15-19-12(2)24-21-15/h3-4,7,10-11,13H,5-6,8-9H2,1-2H3. The van der Waals surface area contributed by atoms with Crippen LogP contribution in [0.4, 0.5) is 0 Å². The van der Waals surface area contributed by atoms with Gasteiger partial charge in [0.1, 0.15) is 0 Å². The Bertz CT molecular complexity index is 823. The van der Waals surface area contributed by atoms with E-state index in [0.29, 0.717) is 23.5 Å². The molecule has 0 amide bonds. The second kappa shape index (κ2) is 6.72. The number of aryl methyl sites for hydroxylation is 1. The van der Waals surface area contributed by atoms with Crippen LogP contribution in [0.3, 0.4) is 0 Å². The Balaban J connectivity index is 1.41. The van der Waals surface area contributed by atoms with Crippen molar-refractivity contribution in [1.82, 2.24) is 30.2 Å². The third kappa shape index (κ3) is 3.30. The Morgan fingerprint density at radius 1 is 1.16 bits per heavy atom. The van der Waals surface area contributed by atoms with E-state index in [1.54, 1.807) is 12.4 Å². The summed E-state index contributed by atoms with van der Waals surface area (Å²) in [6, 6.07) is 3.86. The number of hydrogen-bond donors (Lipinski definition) is 0. The van der Waals surface area contributed by atoms with Crippen molar-refractivity contribution in [1.29, 1.82) is 0 Å². The van der Waals surface area contributed by atoms with Gasteiger partial charge in [-0.05, 0) is 45.0 Å². The van der Waals surface area contributed by atoms with Crippen LogP contribution in [0.15, 0.2) is 33.6 Å². The van der Waals surface area contributed by atoms with Crippen molar-refractivity contribution >= 4 is 0 Å². The zero-order valence-corrected chi connectivity index (χ0v) is 14.3. The fraction of sp³-hybridized carbons (Fsp3) is 0.471. The molecule has 1 unspecified atom stereocenters. The van der Waals surface area contributed by atoms with Crippen molar-refractivity contribution in [2.75, 3.05) is 13.1 Å². The lowest BCUT2D eigenvalue weighted by Gasteiger charge is -2.33. The van der Waals surface area contributed by atoms with E-state index in [2.05, 4.69) is 37.1 Å². The molecular formula is C17H20N6O2. The van der Waals surface area contributed by atoms with E-state index in [-0.39, 0.29) is 6.04 Å². The van der Waals surface area contributed by atoms with E-state index < -0.39 is 0 Å². The molecule has 8 nitrogen and oxygen atoms in total. The highest BCUT2D eigenvalue weighted by atomic mass is 16.5. The summed E-state index contributed by atoms with van der Waals surface area (Å²) in [6.07, 6.45) is 5.44. The molecule has 1 atom stereocenters. The Hall–Kier alpha value is -2.61. The lowest BCUT2D eigenvalue weighted by atomic mass is 9.95. The highest BCUT2D eigenvalue weighted by Gasteiger charge is 2.29. The molecule has 4 rings (SSSR count). The van der Waals surface area contributed by atoms with E-state index in [4.69, 9.17) is 9.05 Å². The maximum atomic E-state index is 5.48. The van der Waals surface area contributed by atoms with Crippen LogP contribution in [0, 0.1) is 6.92 Å². The summed E-state index contributed by atoms with van der Waals surface area (Å²) in [4.78, 5) is 15.3. The fourth-order valence-corrected chi connectivity index (χ4v) is 3.20. The molecule has 0 N–H and O–H groups in total. The molecule has 0 spiro atoms. The molecule has 1 aliphatic rings. The molecule has 0 saturated carbocycles. The zero-order valence-electron chi connectivity index (χ0n) is 14.3. The number of hydrogen-bond acceptors (Lipinski definition) is 8. The van der Waals surface area contributed by atoms with Crippen molar-refractivity contribution in [3.63, 3.8) is 0 Å². The van der Waals surface area contributed by atoms with Crippen molar-refractivity contribution in [2.24, 2.45) is 0 Å². The van der Waals surface area contributed by atoms with Crippen LogP contribution < -0.4 is 0 Å². The van der Waals surface area contributed by atoms with Crippen molar-refractivity contribution in [3.05, 3.63) is 42.1 Å². The van der Waals surface area contributed by atoms with Gasteiger partial charge in [-0.2, -0.15) is 9.97 Å². The maximum Gasteiger partial charge on any atom is 0.244 e. The second-order valence-corrected chi connectivity index (χ2v) is 6.36. The summed E-state index contributed by atoms with van der Waals surface area (Å²) in [5, 5.41) is 8.14. The number of likely N-dealkylation sites (tertiary alicyclic amines) is 1. The van der Waals surface area contributed by atoms with Crippen LogP contribution in [0.25, 0.3) is 11.4 Å². The van der Waals surface area contributed by atoms with E-state index >= 15 is 0 Å². The molecule has 0 radical (unpaired) electrons. The minimum atomic E-state index is 0.0749. The van der Waals surface area contributed by atoms with Crippen LogP contribution >= 0.6 is 0 Å². The molecule has 8 heteroatoms. The van der Waals surface area contributed by atoms with Gasteiger partial charge in [-0.15, -0.1) is 0 Å². The third-order valence-corrected chi connectivity index (χ3v) is 4.70. The Morgan fingerprint density at radius 2 is 2.00 bits per heavy atom. The Kier molecular flexibility index (Phi) is 4.27. The average Bonchev–Trinajstić information content (AvgIpc) is 3.31. The van der Waals surface area contributed by atoms with Crippen molar-refractivity contribution in [2.45, 2.75) is 38.6 Å². The average molecular weight is 340 g/mol. The quantitative estimate of drug-likeness (QED) is 0.715. The van der Waals surface area contributed by atoms with Gasteiger partial charge in [0.15, 0.2) is 5.82 Å².